The average Bonchev–Trinajstić information content (AvgIpc) is 3.20. The largest absolute Gasteiger partial charge is 0.465 e. The number of aromatic nitrogens is 2. The first-order valence-electron chi connectivity index (χ1n) is 8.28. The third-order valence-corrected chi connectivity index (χ3v) is 4.61. The predicted octanol–water partition coefficient (Wildman–Crippen LogP) is 1.98. The Morgan fingerprint density at radius 2 is 2.21 bits per heavy atom. The minimum atomic E-state index is -0.582. The maximum atomic E-state index is 12.2. The lowest BCUT2D eigenvalue weighted by atomic mass is 9.91. The smallest absolute Gasteiger partial charge is 0.317 e. The lowest BCUT2D eigenvalue weighted by Crippen LogP contribution is -2.45. The number of piperidine rings is 1. The number of likely N-dealkylation sites (tertiary alicyclic amines) is 1. The quantitative estimate of drug-likeness (QED) is 0.897. The molecule has 1 aliphatic rings. The molecule has 0 bridgehead atoms. The fourth-order valence-electron chi connectivity index (χ4n) is 3.15. The fourth-order valence-corrected chi connectivity index (χ4v) is 3.15. The Balaban J connectivity index is 1.47. The van der Waals surface area contributed by atoms with Crippen molar-refractivity contribution in [2.45, 2.75) is 32.4 Å². The second-order valence-electron chi connectivity index (χ2n) is 6.34. The van der Waals surface area contributed by atoms with Gasteiger partial charge in [-0.3, -0.25) is 0 Å². The van der Waals surface area contributed by atoms with E-state index in [0.717, 1.165) is 24.4 Å². The summed E-state index contributed by atoms with van der Waals surface area (Å²) >= 11 is 0. The summed E-state index contributed by atoms with van der Waals surface area (Å²) in [5.74, 6) is 2.40. The Morgan fingerprint density at radius 3 is 2.79 bits per heavy atom. The summed E-state index contributed by atoms with van der Waals surface area (Å²) in [5, 5.41) is 13.4. The molecule has 130 valence electrons. The molecule has 1 atom stereocenters. The normalized spacial score (nSPS) is 17.0. The number of hydrogen-bond acceptors (Lipinski definition) is 4. The lowest BCUT2D eigenvalue weighted by molar-refractivity contribution is 0.0583. The highest BCUT2D eigenvalue weighted by Crippen LogP contribution is 2.29. The van der Waals surface area contributed by atoms with E-state index in [1.807, 2.05) is 36.9 Å². The Kier molecular flexibility index (Phi) is 4.89. The Labute approximate surface area is 141 Å². The number of furan rings is 1. The predicted molar refractivity (Wildman–Crippen MR) is 88.1 cm³/mol. The van der Waals surface area contributed by atoms with Crippen molar-refractivity contribution in [2.24, 2.45) is 13.0 Å². The van der Waals surface area contributed by atoms with Crippen molar-refractivity contribution in [3.05, 3.63) is 41.9 Å². The highest BCUT2D eigenvalue weighted by molar-refractivity contribution is 5.74. The Bertz CT molecular complexity index is 686. The number of aliphatic hydroxyl groups excluding tert-OH is 1. The van der Waals surface area contributed by atoms with Crippen molar-refractivity contribution >= 4 is 6.03 Å². The van der Waals surface area contributed by atoms with E-state index in [-0.39, 0.29) is 11.9 Å². The van der Waals surface area contributed by atoms with Crippen LogP contribution in [-0.4, -0.2) is 38.7 Å². The van der Waals surface area contributed by atoms with Gasteiger partial charge in [0.25, 0.3) is 0 Å². The number of aryl methyl sites for hydroxylation is 2. The summed E-state index contributed by atoms with van der Waals surface area (Å²) in [4.78, 5) is 18.2. The summed E-state index contributed by atoms with van der Waals surface area (Å²) in [6.07, 6.45) is 4.47. The van der Waals surface area contributed by atoms with Gasteiger partial charge in [0, 0.05) is 32.5 Å². The van der Waals surface area contributed by atoms with Gasteiger partial charge in [-0.1, -0.05) is 0 Å². The lowest BCUT2D eigenvalue weighted by Gasteiger charge is -2.33. The van der Waals surface area contributed by atoms with Gasteiger partial charge >= 0.3 is 6.03 Å². The molecule has 2 aromatic rings. The molecule has 3 rings (SSSR count). The van der Waals surface area contributed by atoms with E-state index in [2.05, 4.69) is 10.3 Å². The van der Waals surface area contributed by atoms with Crippen molar-refractivity contribution in [1.82, 2.24) is 19.8 Å². The second kappa shape index (κ2) is 7.09. The number of imidazole rings is 1. The van der Waals surface area contributed by atoms with Crippen LogP contribution >= 0.6 is 0 Å². The van der Waals surface area contributed by atoms with Crippen molar-refractivity contribution < 1.29 is 14.3 Å². The molecule has 7 heteroatoms. The van der Waals surface area contributed by atoms with Gasteiger partial charge in [0.1, 0.15) is 23.4 Å². The first kappa shape index (κ1) is 16.6. The highest BCUT2D eigenvalue weighted by atomic mass is 16.3. The van der Waals surface area contributed by atoms with Gasteiger partial charge in [-0.25, -0.2) is 9.78 Å². The molecule has 7 nitrogen and oxygen atoms in total. The van der Waals surface area contributed by atoms with Crippen LogP contribution in [0.1, 0.15) is 36.3 Å². The van der Waals surface area contributed by atoms with Crippen LogP contribution in [0.2, 0.25) is 0 Å². The van der Waals surface area contributed by atoms with Gasteiger partial charge in [0.2, 0.25) is 0 Å². The van der Waals surface area contributed by atoms with Crippen LogP contribution < -0.4 is 5.32 Å². The molecule has 1 aliphatic heterocycles. The number of nitrogens with one attached hydrogen (secondary N) is 1. The standard InChI is InChI=1S/C17H24N4O3/c1-12-3-4-14(24-12)11-19-17(23)21-8-5-13(6-9-21)15(22)16-18-7-10-20(16)2/h3-4,7,10,13,15,22H,5-6,8-9,11H2,1-2H3,(H,19,23). The van der Waals surface area contributed by atoms with E-state index in [0.29, 0.717) is 25.5 Å². The molecule has 1 fully saturated rings. The highest BCUT2D eigenvalue weighted by Gasteiger charge is 2.30. The topological polar surface area (TPSA) is 83.5 Å². The van der Waals surface area contributed by atoms with E-state index in [4.69, 9.17) is 4.42 Å². The zero-order valence-corrected chi connectivity index (χ0v) is 14.1. The molecule has 0 radical (unpaired) electrons. The van der Waals surface area contributed by atoms with Gasteiger partial charge in [0.05, 0.1) is 6.54 Å². The van der Waals surface area contributed by atoms with Crippen LogP contribution in [0.15, 0.2) is 28.9 Å². The van der Waals surface area contributed by atoms with Crippen LogP contribution in [0.3, 0.4) is 0 Å². The molecule has 1 unspecified atom stereocenters. The summed E-state index contributed by atoms with van der Waals surface area (Å²) in [5.41, 5.74) is 0. The molecule has 0 spiro atoms. The van der Waals surface area contributed by atoms with Crippen molar-refractivity contribution in [3.8, 4) is 0 Å². The molecule has 0 aliphatic carbocycles. The SMILES string of the molecule is Cc1ccc(CNC(=O)N2CCC(C(O)c3nccn3C)CC2)o1. The summed E-state index contributed by atoms with van der Waals surface area (Å²) in [6, 6.07) is 3.66. The second-order valence-corrected chi connectivity index (χ2v) is 6.34. The molecule has 0 saturated carbocycles. The summed E-state index contributed by atoms with van der Waals surface area (Å²) < 4.78 is 7.29. The van der Waals surface area contributed by atoms with Crippen LogP contribution in [-0.2, 0) is 13.6 Å². The molecule has 2 amide bonds. The third kappa shape index (κ3) is 3.62. The minimum Gasteiger partial charge on any atom is -0.465 e. The maximum absolute atomic E-state index is 12.2. The van der Waals surface area contributed by atoms with Gasteiger partial charge in [-0.2, -0.15) is 0 Å². The van der Waals surface area contributed by atoms with Crippen LogP contribution in [0.4, 0.5) is 4.79 Å². The zero-order chi connectivity index (χ0) is 17.1. The first-order valence-corrected chi connectivity index (χ1v) is 8.28. The molecule has 2 N–H and O–H groups in total. The molecular formula is C17H24N4O3. The number of urea groups is 1. The third-order valence-electron chi connectivity index (χ3n) is 4.61. The number of aliphatic hydroxyl groups is 1. The summed E-state index contributed by atoms with van der Waals surface area (Å²) in [7, 11) is 1.88. The van der Waals surface area contributed by atoms with Gasteiger partial charge < -0.3 is 24.3 Å². The summed E-state index contributed by atoms with van der Waals surface area (Å²) in [6.45, 7) is 3.54. The number of hydrogen-bond donors (Lipinski definition) is 2. The van der Waals surface area contributed by atoms with E-state index >= 15 is 0 Å². The van der Waals surface area contributed by atoms with Gasteiger partial charge in [-0.05, 0) is 37.8 Å². The average molecular weight is 332 g/mol. The van der Waals surface area contributed by atoms with Crippen LogP contribution in [0, 0.1) is 12.8 Å². The molecule has 3 heterocycles. The van der Waals surface area contributed by atoms with E-state index in [1.54, 1.807) is 11.1 Å². The van der Waals surface area contributed by atoms with E-state index in [9.17, 15) is 9.90 Å². The molecule has 0 aromatic carbocycles. The number of carbonyl (C=O) groups excluding carboxylic acids is 1. The van der Waals surface area contributed by atoms with Crippen molar-refractivity contribution in [3.63, 3.8) is 0 Å². The molecule has 24 heavy (non-hydrogen) atoms. The monoisotopic (exact) mass is 332 g/mol. The molecule has 2 aromatic heterocycles. The number of amides is 2. The number of carbonyl (C=O) groups is 1. The van der Waals surface area contributed by atoms with Crippen molar-refractivity contribution in [2.75, 3.05) is 13.1 Å². The fraction of sp³-hybridized carbons (Fsp3) is 0.529. The maximum Gasteiger partial charge on any atom is 0.317 e. The van der Waals surface area contributed by atoms with Gasteiger partial charge in [-0.15, -0.1) is 0 Å². The van der Waals surface area contributed by atoms with E-state index < -0.39 is 6.10 Å². The van der Waals surface area contributed by atoms with Gasteiger partial charge in [0.15, 0.2) is 0 Å². The van der Waals surface area contributed by atoms with E-state index in [1.165, 1.54) is 0 Å². The van der Waals surface area contributed by atoms with Crippen LogP contribution in [0.25, 0.3) is 0 Å². The minimum absolute atomic E-state index is 0.0889. The first-order chi connectivity index (χ1) is 11.5. The molecule has 1 saturated heterocycles. The Hall–Kier alpha value is -2.28. The van der Waals surface area contributed by atoms with Crippen molar-refractivity contribution in [1.29, 1.82) is 0 Å². The van der Waals surface area contributed by atoms with Crippen LogP contribution in [0.5, 0.6) is 0 Å². The molecular weight excluding hydrogens is 308 g/mol. The Morgan fingerprint density at radius 1 is 1.46 bits per heavy atom. The number of rotatable bonds is 4. The zero-order valence-electron chi connectivity index (χ0n) is 14.1. The number of nitrogens with zero attached hydrogens (tertiary/aromatic N) is 3.